The Bertz CT molecular complexity index is 699. The fraction of sp³-hybridized carbons (Fsp3) is 0.200. The van der Waals surface area contributed by atoms with Crippen molar-refractivity contribution in [2.75, 3.05) is 5.73 Å². The zero-order chi connectivity index (χ0) is 14.0. The van der Waals surface area contributed by atoms with Gasteiger partial charge in [0.25, 0.3) is 0 Å². The number of halogens is 1. The highest BCUT2D eigenvalue weighted by Crippen LogP contribution is 2.24. The number of nitrogens with two attached hydrogens (primary N) is 1. The average Bonchev–Trinajstić information content (AvgIpc) is 2.72. The summed E-state index contributed by atoms with van der Waals surface area (Å²) >= 11 is 3.16. The van der Waals surface area contributed by atoms with Crippen molar-refractivity contribution >= 4 is 31.6 Å². The molecule has 102 valence electrons. The summed E-state index contributed by atoms with van der Waals surface area (Å²) in [5.74, 6) is 0.649. The van der Waals surface area contributed by atoms with Gasteiger partial charge in [-0.15, -0.1) is 0 Å². The fourth-order valence-corrected chi connectivity index (χ4v) is 3.46. The first-order chi connectivity index (χ1) is 8.88. The van der Waals surface area contributed by atoms with E-state index < -0.39 is 10.0 Å². The summed E-state index contributed by atoms with van der Waals surface area (Å²) in [4.78, 5) is 4.01. The van der Waals surface area contributed by atoms with Gasteiger partial charge in [-0.1, -0.05) is 5.16 Å². The van der Waals surface area contributed by atoms with Gasteiger partial charge in [-0.05, 0) is 34.1 Å². The lowest BCUT2D eigenvalue weighted by atomic mass is 10.3. The normalized spacial score (nSPS) is 11.7. The van der Waals surface area contributed by atoms with Crippen LogP contribution in [-0.2, 0) is 16.6 Å². The van der Waals surface area contributed by atoms with Gasteiger partial charge in [0, 0.05) is 17.1 Å². The molecule has 0 aliphatic rings. The highest BCUT2D eigenvalue weighted by atomic mass is 79.9. The first-order valence-electron chi connectivity index (χ1n) is 5.22. The summed E-state index contributed by atoms with van der Waals surface area (Å²) in [5.41, 5.74) is 6.03. The number of nitrogens with one attached hydrogen (secondary N) is 1. The minimum absolute atomic E-state index is 0.0451. The Morgan fingerprint density at radius 2 is 2.21 bits per heavy atom. The molecule has 0 atom stereocenters. The molecule has 0 aliphatic heterocycles. The number of benzene rings is 1. The van der Waals surface area contributed by atoms with Gasteiger partial charge in [0.2, 0.25) is 15.9 Å². The quantitative estimate of drug-likeness (QED) is 0.804. The Morgan fingerprint density at radius 1 is 1.47 bits per heavy atom. The summed E-state index contributed by atoms with van der Waals surface area (Å²) < 4.78 is 31.7. The Labute approximate surface area is 118 Å². The van der Waals surface area contributed by atoms with E-state index in [2.05, 4.69) is 30.8 Å². The van der Waals surface area contributed by atoms with Crippen LogP contribution in [0, 0.1) is 6.92 Å². The topological polar surface area (TPSA) is 111 Å². The van der Waals surface area contributed by atoms with Gasteiger partial charge < -0.3 is 10.3 Å². The molecule has 2 rings (SSSR count). The molecular formula is C10H11BrN4O3S. The van der Waals surface area contributed by atoms with Crippen molar-refractivity contribution in [3.63, 3.8) is 0 Å². The third kappa shape index (κ3) is 3.31. The van der Waals surface area contributed by atoms with Crippen LogP contribution in [-0.4, -0.2) is 18.6 Å². The van der Waals surface area contributed by atoms with Crippen molar-refractivity contribution in [1.29, 1.82) is 0 Å². The number of nitrogen functional groups attached to an aromatic ring is 1. The molecular weight excluding hydrogens is 336 g/mol. The van der Waals surface area contributed by atoms with Gasteiger partial charge in [0.15, 0.2) is 5.82 Å². The maximum absolute atomic E-state index is 12.1. The Kier molecular flexibility index (Phi) is 3.88. The molecule has 9 heteroatoms. The number of hydrogen-bond acceptors (Lipinski definition) is 6. The van der Waals surface area contributed by atoms with E-state index in [1.165, 1.54) is 18.2 Å². The van der Waals surface area contributed by atoms with Gasteiger partial charge in [0.1, 0.15) is 0 Å². The summed E-state index contributed by atoms with van der Waals surface area (Å²) in [7, 11) is -3.67. The van der Waals surface area contributed by atoms with Crippen LogP contribution in [0.2, 0.25) is 0 Å². The van der Waals surface area contributed by atoms with Gasteiger partial charge in [-0.25, -0.2) is 13.1 Å². The number of hydrogen-bond donors (Lipinski definition) is 2. The molecule has 19 heavy (non-hydrogen) atoms. The number of nitrogens with zero attached hydrogens (tertiary/aromatic N) is 2. The van der Waals surface area contributed by atoms with E-state index in [1.807, 2.05) is 0 Å². The predicted molar refractivity (Wildman–Crippen MR) is 71.6 cm³/mol. The number of rotatable bonds is 4. The number of anilines is 1. The van der Waals surface area contributed by atoms with Crippen LogP contribution in [0.4, 0.5) is 5.69 Å². The number of sulfonamides is 1. The third-order valence-electron chi connectivity index (χ3n) is 2.24. The van der Waals surface area contributed by atoms with Crippen LogP contribution in [0.15, 0.2) is 32.1 Å². The Hall–Kier alpha value is -1.45. The zero-order valence-electron chi connectivity index (χ0n) is 9.92. The largest absolute Gasteiger partial charge is 0.399 e. The van der Waals surface area contributed by atoms with Crippen LogP contribution in [0.25, 0.3) is 0 Å². The van der Waals surface area contributed by atoms with E-state index in [4.69, 9.17) is 10.3 Å². The van der Waals surface area contributed by atoms with E-state index in [0.29, 0.717) is 16.1 Å². The SMILES string of the molecule is Cc1nc(CNS(=O)(=O)c2ccc(N)cc2Br)no1. The minimum Gasteiger partial charge on any atom is -0.399 e. The van der Waals surface area contributed by atoms with Gasteiger partial charge in [0.05, 0.1) is 11.4 Å². The van der Waals surface area contributed by atoms with Crippen molar-refractivity contribution in [2.45, 2.75) is 18.4 Å². The molecule has 0 unspecified atom stereocenters. The molecule has 1 aromatic heterocycles. The molecule has 7 nitrogen and oxygen atoms in total. The highest BCUT2D eigenvalue weighted by Gasteiger charge is 2.18. The average molecular weight is 347 g/mol. The van der Waals surface area contributed by atoms with E-state index >= 15 is 0 Å². The van der Waals surface area contributed by atoms with Crippen molar-refractivity contribution in [3.05, 3.63) is 34.4 Å². The van der Waals surface area contributed by atoms with Crippen LogP contribution < -0.4 is 10.5 Å². The van der Waals surface area contributed by atoms with Gasteiger partial charge in [-0.3, -0.25) is 0 Å². The van der Waals surface area contributed by atoms with Gasteiger partial charge in [-0.2, -0.15) is 4.98 Å². The smallest absolute Gasteiger partial charge is 0.242 e. The van der Waals surface area contributed by atoms with E-state index in [-0.39, 0.29) is 17.3 Å². The zero-order valence-corrected chi connectivity index (χ0v) is 12.3. The summed E-state index contributed by atoms with van der Waals surface area (Å²) in [6.45, 7) is 1.58. The Balaban J connectivity index is 2.18. The van der Waals surface area contributed by atoms with Crippen molar-refractivity contribution in [2.24, 2.45) is 0 Å². The molecule has 0 saturated carbocycles. The number of aromatic nitrogens is 2. The minimum atomic E-state index is -3.67. The van der Waals surface area contributed by atoms with Gasteiger partial charge >= 0.3 is 0 Å². The first kappa shape index (κ1) is 14.0. The second-order valence-electron chi connectivity index (χ2n) is 3.74. The maximum Gasteiger partial charge on any atom is 0.242 e. The second-order valence-corrected chi connectivity index (χ2v) is 6.33. The molecule has 0 bridgehead atoms. The molecule has 1 aromatic carbocycles. The van der Waals surface area contributed by atoms with Crippen LogP contribution >= 0.6 is 15.9 Å². The number of aryl methyl sites for hydroxylation is 1. The lowest BCUT2D eigenvalue weighted by Gasteiger charge is -2.07. The van der Waals surface area contributed by atoms with E-state index in [0.717, 1.165) is 0 Å². The predicted octanol–water partition coefficient (Wildman–Crippen LogP) is 1.20. The molecule has 2 aromatic rings. The lowest BCUT2D eigenvalue weighted by molar-refractivity contribution is 0.387. The fourth-order valence-electron chi connectivity index (χ4n) is 1.39. The monoisotopic (exact) mass is 346 g/mol. The van der Waals surface area contributed by atoms with Crippen LogP contribution in [0.5, 0.6) is 0 Å². The molecule has 0 saturated heterocycles. The summed E-state index contributed by atoms with van der Waals surface area (Å²) in [5, 5.41) is 3.60. The molecule has 0 fully saturated rings. The van der Waals surface area contributed by atoms with Crippen molar-refractivity contribution in [1.82, 2.24) is 14.9 Å². The maximum atomic E-state index is 12.1. The molecule has 1 heterocycles. The standard InChI is InChI=1S/C10H11BrN4O3S/c1-6-14-10(15-18-6)5-13-19(16,17)9-3-2-7(12)4-8(9)11/h2-4,13H,5,12H2,1H3. The van der Waals surface area contributed by atoms with Crippen molar-refractivity contribution < 1.29 is 12.9 Å². The van der Waals surface area contributed by atoms with Crippen LogP contribution in [0.3, 0.4) is 0 Å². The molecule has 3 N–H and O–H groups in total. The first-order valence-corrected chi connectivity index (χ1v) is 7.50. The van der Waals surface area contributed by atoms with E-state index in [9.17, 15) is 8.42 Å². The Morgan fingerprint density at radius 3 is 2.79 bits per heavy atom. The second kappa shape index (κ2) is 5.27. The van der Waals surface area contributed by atoms with Crippen LogP contribution in [0.1, 0.15) is 11.7 Å². The van der Waals surface area contributed by atoms with Crippen molar-refractivity contribution in [3.8, 4) is 0 Å². The summed E-state index contributed by atoms with van der Waals surface area (Å²) in [6, 6.07) is 4.45. The van der Waals surface area contributed by atoms with E-state index in [1.54, 1.807) is 6.92 Å². The lowest BCUT2D eigenvalue weighted by Crippen LogP contribution is -2.24. The molecule has 0 spiro atoms. The summed E-state index contributed by atoms with van der Waals surface area (Å²) in [6.07, 6.45) is 0. The third-order valence-corrected chi connectivity index (χ3v) is 4.61. The molecule has 0 radical (unpaired) electrons. The molecule has 0 aliphatic carbocycles. The molecule has 0 amide bonds. The highest BCUT2D eigenvalue weighted by molar-refractivity contribution is 9.10.